The normalized spacial score (nSPS) is 16.1. The van der Waals surface area contributed by atoms with Gasteiger partial charge in [0.2, 0.25) is 5.95 Å². The molecule has 1 aliphatic rings. The number of nitrogen functional groups attached to an aromatic ring is 1. The summed E-state index contributed by atoms with van der Waals surface area (Å²) < 4.78 is 5.52. The Balaban J connectivity index is 1.43. The Morgan fingerprint density at radius 2 is 2.00 bits per heavy atom. The van der Waals surface area contributed by atoms with Crippen molar-refractivity contribution in [3.05, 3.63) is 53.9 Å². The fourth-order valence-corrected chi connectivity index (χ4v) is 4.21. The van der Waals surface area contributed by atoms with Crippen molar-refractivity contribution in [3.63, 3.8) is 0 Å². The van der Waals surface area contributed by atoms with Gasteiger partial charge in [-0.05, 0) is 18.9 Å². The molecule has 1 fully saturated rings. The Bertz CT molecular complexity index is 1280. The molecule has 1 aromatic carbocycles. The van der Waals surface area contributed by atoms with Crippen molar-refractivity contribution in [1.82, 2.24) is 30.6 Å². The van der Waals surface area contributed by atoms with E-state index in [9.17, 15) is 0 Å². The van der Waals surface area contributed by atoms with Crippen LogP contribution in [0.15, 0.2) is 47.0 Å². The van der Waals surface area contributed by atoms with E-state index in [4.69, 9.17) is 15.2 Å². The Morgan fingerprint density at radius 1 is 1.17 bits per heavy atom. The number of hydrogen-bond donors (Lipinski definition) is 4. The van der Waals surface area contributed by atoms with E-state index in [0.29, 0.717) is 36.0 Å². The second-order valence-corrected chi connectivity index (χ2v) is 9.19. The zero-order chi connectivity index (χ0) is 24.4. The number of aromatic nitrogens is 5. The van der Waals surface area contributed by atoms with Gasteiger partial charge in [-0.2, -0.15) is 15.1 Å². The lowest BCUT2D eigenvalue weighted by Gasteiger charge is -2.34. The minimum Gasteiger partial charge on any atom is -0.383 e. The number of anilines is 3. The first kappa shape index (κ1) is 22.9. The number of hydrogen-bond acceptors (Lipinski definition) is 9. The predicted octanol–water partition coefficient (Wildman–Crippen LogP) is 3.64. The average Bonchev–Trinajstić information content (AvgIpc) is 3.53. The van der Waals surface area contributed by atoms with Crippen LogP contribution in [0.25, 0.3) is 22.5 Å². The minimum atomic E-state index is 0.324. The maximum atomic E-state index is 6.51. The van der Waals surface area contributed by atoms with Crippen LogP contribution in [0.1, 0.15) is 38.1 Å². The van der Waals surface area contributed by atoms with Gasteiger partial charge in [0.1, 0.15) is 17.3 Å². The van der Waals surface area contributed by atoms with Gasteiger partial charge in [-0.15, -0.1) is 0 Å². The van der Waals surface area contributed by atoms with Gasteiger partial charge in [0, 0.05) is 43.0 Å². The summed E-state index contributed by atoms with van der Waals surface area (Å²) in [5, 5.41) is 18.6. The summed E-state index contributed by atoms with van der Waals surface area (Å²) in [6, 6.07) is 14.2. The molecule has 3 aromatic heterocycles. The van der Waals surface area contributed by atoms with Gasteiger partial charge in [0.25, 0.3) is 0 Å². The van der Waals surface area contributed by atoms with Crippen LogP contribution in [0.4, 0.5) is 17.6 Å². The first-order valence-corrected chi connectivity index (χ1v) is 11.9. The van der Waals surface area contributed by atoms with Gasteiger partial charge < -0.3 is 25.8 Å². The molecule has 0 radical (unpaired) electrons. The molecule has 5 rings (SSSR count). The van der Waals surface area contributed by atoms with Crippen LogP contribution >= 0.6 is 0 Å². The van der Waals surface area contributed by atoms with Gasteiger partial charge in [-0.1, -0.05) is 49.3 Å². The van der Waals surface area contributed by atoms with E-state index in [1.165, 1.54) is 0 Å². The quantitative estimate of drug-likeness (QED) is 0.317. The first-order valence-electron chi connectivity index (χ1n) is 11.9. The maximum Gasteiger partial charge on any atom is 0.227 e. The largest absolute Gasteiger partial charge is 0.383 e. The molecule has 10 nitrogen and oxygen atoms in total. The smallest absolute Gasteiger partial charge is 0.227 e. The summed E-state index contributed by atoms with van der Waals surface area (Å²) >= 11 is 0. The van der Waals surface area contributed by atoms with Gasteiger partial charge >= 0.3 is 0 Å². The highest BCUT2D eigenvalue weighted by atomic mass is 16.5. The zero-order valence-corrected chi connectivity index (χ0v) is 20.2. The summed E-state index contributed by atoms with van der Waals surface area (Å²) in [5.74, 6) is 2.60. The second-order valence-electron chi connectivity index (χ2n) is 9.19. The standard InChI is InChI=1S/C25H31N9O/c1-15(2)19-12-21(32-31-19)22-23(26)29-25(30-24(22)34-10-9-27-16(3)14-34)28-13-18-11-20(33-35-18)17-7-5-4-6-8-17/h4-8,11-12,15-16,27H,9-10,13-14H2,1-3H3,(H,31,32)(H3,26,28,29,30)/t16-/m0/s1. The lowest BCUT2D eigenvalue weighted by molar-refractivity contribution is 0.390. The maximum absolute atomic E-state index is 6.51. The summed E-state index contributed by atoms with van der Waals surface area (Å²) in [6.07, 6.45) is 0. The molecule has 5 N–H and O–H groups in total. The fourth-order valence-electron chi connectivity index (χ4n) is 4.21. The van der Waals surface area contributed by atoms with E-state index in [2.05, 4.69) is 56.6 Å². The third kappa shape index (κ3) is 4.97. The zero-order valence-electron chi connectivity index (χ0n) is 20.2. The monoisotopic (exact) mass is 473 g/mol. The first-order chi connectivity index (χ1) is 17.0. The molecule has 0 amide bonds. The molecule has 10 heteroatoms. The van der Waals surface area contributed by atoms with Crippen LogP contribution in [-0.4, -0.2) is 51.0 Å². The van der Waals surface area contributed by atoms with Crippen molar-refractivity contribution in [3.8, 4) is 22.5 Å². The van der Waals surface area contributed by atoms with Crippen molar-refractivity contribution in [1.29, 1.82) is 0 Å². The van der Waals surface area contributed by atoms with E-state index in [1.807, 2.05) is 42.5 Å². The molecule has 1 saturated heterocycles. The number of piperazine rings is 1. The van der Waals surface area contributed by atoms with Gasteiger partial charge in [0.15, 0.2) is 5.76 Å². The number of nitrogens with zero attached hydrogens (tertiary/aromatic N) is 5. The van der Waals surface area contributed by atoms with E-state index in [0.717, 1.165) is 53.7 Å². The fraction of sp³-hybridized carbons (Fsp3) is 0.360. The summed E-state index contributed by atoms with van der Waals surface area (Å²) in [5.41, 5.74) is 10.8. The predicted molar refractivity (Wildman–Crippen MR) is 137 cm³/mol. The molecule has 4 heterocycles. The number of H-pyrrole nitrogens is 1. The van der Waals surface area contributed by atoms with Crippen molar-refractivity contribution >= 4 is 17.6 Å². The Kier molecular flexibility index (Phi) is 6.37. The number of nitrogens with two attached hydrogens (primary N) is 1. The van der Waals surface area contributed by atoms with Crippen LogP contribution in [-0.2, 0) is 6.54 Å². The van der Waals surface area contributed by atoms with E-state index >= 15 is 0 Å². The topological polar surface area (TPSA) is 134 Å². The van der Waals surface area contributed by atoms with E-state index < -0.39 is 0 Å². The van der Waals surface area contributed by atoms with Gasteiger partial charge in [-0.3, -0.25) is 5.10 Å². The summed E-state index contributed by atoms with van der Waals surface area (Å²) in [6.45, 7) is 9.28. The molecular weight excluding hydrogens is 442 g/mol. The number of rotatable bonds is 7. The Morgan fingerprint density at radius 3 is 2.74 bits per heavy atom. The molecule has 4 aromatic rings. The van der Waals surface area contributed by atoms with Crippen molar-refractivity contribution in [2.75, 3.05) is 35.6 Å². The molecule has 0 saturated carbocycles. The number of benzene rings is 1. The van der Waals surface area contributed by atoms with Crippen LogP contribution < -0.4 is 21.3 Å². The van der Waals surface area contributed by atoms with Crippen LogP contribution in [0, 0.1) is 0 Å². The van der Waals surface area contributed by atoms with Crippen LogP contribution in [0.5, 0.6) is 0 Å². The molecular formula is C25H31N9O. The average molecular weight is 474 g/mol. The minimum absolute atomic E-state index is 0.324. The Labute approximate surface area is 204 Å². The highest BCUT2D eigenvalue weighted by Gasteiger charge is 2.25. The van der Waals surface area contributed by atoms with Crippen LogP contribution in [0.3, 0.4) is 0 Å². The van der Waals surface area contributed by atoms with E-state index in [-0.39, 0.29) is 0 Å². The number of aromatic amines is 1. The van der Waals surface area contributed by atoms with Crippen molar-refractivity contribution in [2.45, 2.75) is 39.3 Å². The number of nitrogens with one attached hydrogen (secondary N) is 3. The van der Waals surface area contributed by atoms with Crippen LogP contribution in [0.2, 0.25) is 0 Å². The SMILES string of the molecule is CC(C)c1cc(-c2c(N)nc(NCc3cc(-c4ccccc4)no3)nc2N2CCN[C@@H](C)C2)n[nH]1. The van der Waals surface area contributed by atoms with Gasteiger partial charge in [-0.25, -0.2) is 0 Å². The van der Waals surface area contributed by atoms with Crippen molar-refractivity contribution < 1.29 is 4.52 Å². The molecule has 35 heavy (non-hydrogen) atoms. The molecule has 1 atom stereocenters. The molecule has 0 spiro atoms. The van der Waals surface area contributed by atoms with Crippen molar-refractivity contribution in [2.24, 2.45) is 0 Å². The lowest BCUT2D eigenvalue weighted by Crippen LogP contribution is -2.49. The summed E-state index contributed by atoms with van der Waals surface area (Å²) in [4.78, 5) is 11.7. The molecule has 0 aliphatic carbocycles. The Hall–Kier alpha value is -3.92. The summed E-state index contributed by atoms with van der Waals surface area (Å²) in [7, 11) is 0. The highest BCUT2D eigenvalue weighted by Crippen LogP contribution is 2.35. The van der Waals surface area contributed by atoms with Gasteiger partial charge in [0.05, 0.1) is 17.8 Å². The third-order valence-electron chi connectivity index (χ3n) is 6.11. The third-order valence-corrected chi connectivity index (χ3v) is 6.11. The molecule has 1 aliphatic heterocycles. The highest BCUT2D eigenvalue weighted by molar-refractivity contribution is 5.83. The molecule has 182 valence electrons. The van der Waals surface area contributed by atoms with E-state index in [1.54, 1.807) is 0 Å². The molecule has 0 bridgehead atoms. The molecule has 0 unspecified atom stereocenters. The lowest BCUT2D eigenvalue weighted by atomic mass is 10.1. The second kappa shape index (κ2) is 9.75.